The second kappa shape index (κ2) is 5.70. The SMILES string of the molecule is COc1ccc(C)cc1NC(=O)N[C@@H]1CCS(=O)(=O)C1. The molecule has 7 heteroatoms. The number of amides is 2. The summed E-state index contributed by atoms with van der Waals surface area (Å²) < 4.78 is 27.8. The lowest BCUT2D eigenvalue weighted by Crippen LogP contribution is -2.38. The number of urea groups is 1. The maximum atomic E-state index is 11.9. The van der Waals surface area contributed by atoms with Crippen LogP contribution in [0.2, 0.25) is 0 Å². The molecule has 0 radical (unpaired) electrons. The van der Waals surface area contributed by atoms with Gasteiger partial charge in [0.05, 0.1) is 24.3 Å². The minimum atomic E-state index is -3.00. The van der Waals surface area contributed by atoms with Gasteiger partial charge in [0.25, 0.3) is 0 Å². The average Bonchev–Trinajstić information content (AvgIpc) is 2.68. The Kier molecular flexibility index (Phi) is 4.17. The van der Waals surface area contributed by atoms with E-state index in [-0.39, 0.29) is 17.5 Å². The molecule has 1 atom stereocenters. The van der Waals surface area contributed by atoms with Crippen molar-refractivity contribution in [3.05, 3.63) is 23.8 Å². The fourth-order valence-electron chi connectivity index (χ4n) is 2.17. The van der Waals surface area contributed by atoms with Gasteiger partial charge in [-0.2, -0.15) is 0 Å². The molecule has 0 saturated carbocycles. The molecule has 2 rings (SSSR count). The van der Waals surface area contributed by atoms with E-state index in [0.717, 1.165) is 5.56 Å². The topological polar surface area (TPSA) is 84.5 Å². The highest BCUT2D eigenvalue weighted by Gasteiger charge is 2.29. The summed E-state index contributed by atoms with van der Waals surface area (Å²) >= 11 is 0. The Labute approximate surface area is 118 Å². The largest absolute Gasteiger partial charge is 0.495 e. The quantitative estimate of drug-likeness (QED) is 0.881. The Bertz CT molecular complexity index is 613. The summed E-state index contributed by atoms with van der Waals surface area (Å²) in [5.41, 5.74) is 1.55. The summed E-state index contributed by atoms with van der Waals surface area (Å²) in [7, 11) is -1.48. The van der Waals surface area contributed by atoms with Gasteiger partial charge >= 0.3 is 6.03 Å². The second-order valence-corrected chi connectivity index (χ2v) is 7.13. The molecule has 2 amide bonds. The maximum absolute atomic E-state index is 11.9. The number of carbonyl (C=O) groups excluding carboxylic acids is 1. The average molecular weight is 298 g/mol. The Morgan fingerprint density at radius 2 is 2.15 bits per heavy atom. The first-order valence-electron chi connectivity index (χ1n) is 6.32. The predicted octanol–water partition coefficient (Wildman–Crippen LogP) is 1.31. The van der Waals surface area contributed by atoms with Gasteiger partial charge in [-0.05, 0) is 31.0 Å². The van der Waals surface area contributed by atoms with E-state index in [1.165, 1.54) is 7.11 Å². The molecule has 1 saturated heterocycles. The zero-order valence-electron chi connectivity index (χ0n) is 11.5. The number of sulfone groups is 1. The molecule has 1 heterocycles. The summed E-state index contributed by atoms with van der Waals surface area (Å²) in [6.07, 6.45) is 0.459. The van der Waals surface area contributed by atoms with Gasteiger partial charge in [-0.3, -0.25) is 0 Å². The van der Waals surface area contributed by atoms with Crippen LogP contribution in [0.1, 0.15) is 12.0 Å². The van der Waals surface area contributed by atoms with Crippen molar-refractivity contribution >= 4 is 21.6 Å². The van der Waals surface area contributed by atoms with Gasteiger partial charge in [0.15, 0.2) is 9.84 Å². The molecule has 0 unspecified atom stereocenters. The van der Waals surface area contributed by atoms with Crippen molar-refractivity contribution in [2.45, 2.75) is 19.4 Å². The van der Waals surface area contributed by atoms with Gasteiger partial charge in [-0.25, -0.2) is 13.2 Å². The van der Waals surface area contributed by atoms with Crippen molar-refractivity contribution in [2.24, 2.45) is 0 Å². The van der Waals surface area contributed by atoms with Gasteiger partial charge < -0.3 is 15.4 Å². The Balaban J connectivity index is 2.00. The van der Waals surface area contributed by atoms with Gasteiger partial charge in [0.2, 0.25) is 0 Å². The number of ether oxygens (including phenoxy) is 1. The summed E-state index contributed by atoms with van der Waals surface area (Å²) in [6.45, 7) is 1.91. The number of hydrogen-bond donors (Lipinski definition) is 2. The van der Waals surface area contributed by atoms with Crippen LogP contribution >= 0.6 is 0 Å². The summed E-state index contributed by atoms with van der Waals surface area (Å²) in [5, 5.41) is 5.36. The molecule has 6 nitrogen and oxygen atoms in total. The van der Waals surface area contributed by atoms with E-state index in [9.17, 15) is 13.2 Å². The van der Waals surface area contributed by atoms with Crippen LogP contribution in [-0.2, 0) is 9.84 Å². The molecular weight excluding hydrogens is 280 g/mol. The molecule has 2 N–H and O–H groups in total. The van der Waals surface area contributed by atoms with E-state index in [1.54, 1.807) is 12.1 Å². The number of benzene rings is 1. The van der Waals surface area contributed by atoms with Crippen LogP contribution in [0.3, 0.4) is 0 Å². The first-order valence-corrected chi connectivity index (χ1v) is 8.14. The van der Waals surface area contributed by atoms with Gasteiger partial charge in [-0.1, -0.05) is 6.07 Å². The number of hydrogen-bond acceptors (Lipinski definition) is 4. The third-order valence-corrected chi connectivity index (χ3v) is 4.94. The van der Waals surface area contributed by atoms with Crippen LogP contribution < -0.4 is 15.4 Å². The third kappa shape index (κ3) is 3.63. The number of methoxy groups -OCH3 is 1. The van der Waals surface area contributed by atoms with Crippen LogP contribution in [0.25, 0.3) is 0 Å². The molecule has 0 spiro atoms. The lowest BCUT2D eigenvalue weighted by atomic mass is 10.2. The van der Waals surface area contributed by atoms with Gasteiger partial charge in [0, 0.05) is 6.04 Å². The minimum Gasteiger partial charge on any atom is -0.495 e. The van der Waals surface area contributed by atoms with Crippen molar-refractivity contribution in [2.75, 3.05) is 23.9 Å². The first kappa shape index (κ1) is 14.6. The minimum absolute atomic E-state index is 0.00533. The number of rotatable bonds is 3. The summed E-state index contributed by atoms with van der Waals surface area (Å²) in [5.74, 6) is 0.696. The number of nitrogens with one attached hydrogen (secondary N) is 2. The zero-order valence-corrected chi connectivity index (χ0v) is 12.3. The lowest BCUT2D eigenvalue weighted by molar-refractivity contribution is 0.249. The van der Waals surface area contributed by atoms with Crippen molar-refractivity contribution in [3.63, 3.8) is 0 Å². The highest BCUT2D eigenvalue weighted by atomic mass is 32.2. The third-order valence-electron chi connectivity index (χ3n) is 3.17. The van der Waals surface area contributed by atoms with Crippen LogP contribution in [0.5, 0.6) is 5.75 Å². The lowest BCUT2D eigenvalue weighted by Gasteiger charge is -2.14. The molecule has 0 bridgehead atoms. The maximum Gasteiger partial charge on any atom is 0.319 e. The molecular formula is C13H18N2O4S. The molecule has 20 heavy (non-hydrogen) atoms. The highest BCUT2D eigenvalue weighted by Crippen LogP contribution is 2.25. The van der Waals surface area contributed by atoms with Crippen molar-refractivity contribution in [1.82, 2.24) is 5.32 Å². The zero-order chi connectivity index (χ0) is 14.8. The fourth-order valence-corrected chi connectivity index (χ4v) is 3.85. The van der Waals surface area contributed by atoms with E-state index < -0.39 is 15.9 Å². The first-order chi connectivity index (χ1) is 9.39. The van der Waals surface area contributed by atoms with Gasteiger partial charge in [0.1, 0.15) is 5.75 Å². The Hall–Kier alpha value is -1.76. The van der Waals surface area contributed by atoms with E-state index >= 15 is 0 Å². The van der Waals surface area contributed by atoms with E-state index in [2.05, 4.69) is 10.6 Å². The summed E-state index contributed by atoms with van der Waals surface area (Å²) in [6, 6.07) is 4.70. The van der Waals surface area contributed by atoms with Crippen LogP contribution in [0.4, 0.5) is 10.5 Å². The molecule has 1 aliphatic rings. The molecule has 0 aromatic heterocycles. The number of aryl methyl sites for hydroxylation is 1. The number of anilines is 1. The Morgan fingerprint density at radius 1 is 1.40 bits per heavy atom. The molecule has 1 aliphatic heterocycles. The van der Waals surface area contributed by atoms with Crippen LogP contribution in [0.15, 0.2) is 18.2 Å². The normalized spacial score (nSPS) is 20.4. The standard InChI is InChI=1S/C13H18N2O4S/c1-9-3-4-12(19-2)11(7-9)15-13(16)14-10-5-6-20(17,18)8-10/h3-4,7,10H,5-6,8H2,1-2H3,(H2,14,15,16)/t10-/m1/s1. The monoisotopic (exact) mass is 298 g/mol. The van der Waals surface area contributed by atoms with Gasteiger partial charge in [-0.15, -0.1) is 0 Å². The predicted molar refractivity (Wildman–Crippen MR) is 76.9 cm³/mol. The molecule has 1 aromatic rings. The highest BCUT2D eigenvalue weighted by molar-refractivity contribution is 7.91. The smallest absolute Gasteiger partial charge is 0.319 e. The van der Waals surface area contributed by atoms with Crippen LogP contribution in [0, 0.1) is 6.92 Å². The molecule has 0 aliphatic carbocycles. The van der Waals surface area contributed by atoms with Crippen molar-refractivity contribution in [3.8, 4) is 5.75 Å². The van der Waals surface area contributed by atoms with Crippen molar-refractivity contribution in [1.29, 1.82) is 0 Å². The number of carbonyl (C=O) groups is 1. The van der Waals surface area contributed by atoms with Crippen LogP contribution in [-0.4, -0.2) is 39.1 Å². The summed E-state index contributed by atoms with van der Waals surface area (Å²) in [4.78, 5) is 11.9. The fraction of sp³-hybridized carbons (Fsp3) is 0.462. The second-order valence-electron chi connectivity index (χ2n) is 4.90. The van der Waals surface area contributed by atoms with E-state index in [0.29, 0.717) is 17.9 Å². The van der Waals surface area contributed by atoms with E-state index in [1.807, 2.05) is 13.0 Å². The van der Waals surface area contributed by atoms with Crippen molar-refractivity contribution < 1.29 is 17.9 Å². The molecule has 1 fully saturated rings. The Morgan fingerprint density at radius 3 is 2.75 bits per heavy atom. The molecule has 1 aromatic carbocycles. The molecule has 110 valence electrons. The van der Waals surface area contributed by atoms with E-state index in [4.69, 9.17) is 4.74 Å².